The summed E-state index contributed by atoms with van der Waals surface area (Å²) >= 11 is 0. The molecule has 1 aliphatic carbocycles. The summed E-state index contributed by atoms with van der Waals surface area (Å²) in [6.07, 6.45) is 4.74. The van der Waals surface area contributed by atoms with Gasteiger partial charge in [0, 0.05) is 26.2 Å². The molecule has 3 amide bonds. The highest BCUT2D eigenvalue weighted by atomic mass is 16.5. The Morgan fingerprint density at radius 1 is 1.12 bits per heavy atom. The Hall–Kier alpha value is -3.36. The van der Waals surface area contributed by atoms with Crippen LogP contribution in [0.25, 0.3) is 0 Å². The number of ether oxygens (including phenoxy) is 1. The van der Waals surface area contributed by atoms with Gasteiger partial charge in [0.1, 0.15) is 11.3 Å². The second-order valence-corrected chi connectivity index (χ2v) is 8.16. The van der Waals surface area contributed by atoms with E-state index in [1.54, 1.807) is 16.9 Å². The molecule has 2 aliphatic heterocycles. The van der Waals surface area contributed by atoms with Crippen LogP contribution in [-0.4, -0.2) is 89.4 Å². The van der Waals surface area contributed by atoms with E-state index in [4.69, 9.17) is 14.6 Å². The van der Waals surface area contributed by atoms with E-state index in [-0.39, 0.29) is 30.7 Å². The van der Waals surface area contributed by atoms with Crippen molar-refractivity contribution in [3.05, 3.63) is 42.5 Å². The van der Waals surface area contributed by atoms with E-state index in [0.717, 1.165) is 31.7 Å². The minimum absolute atomic E-state index is 0.0279. The van der Waals surface area contributed by atoms with Gasteiger partial charge < -0.3 is 24.5 Å². The van der Waals surface area contributed by atoms with E-state index in [2.05, 4.69) is 13.5 Å². The summed E-state index contributed by atoms with van der Waals surface area (Å²) in [5.74, 6) is 0.684. The number of rotatable bonds is 4. The number of benzene rings is 1. The van der Waals surface area contributed by atoms with Crippen LogP contribution in [-0.2, 0) is 19.2 Å². The fourth-order valence-electron chi connectivity index (χ4n) is 4.03. The van der Waals surface area contributed by atoms with Crippen LogP contribution in [0.1, 0.15) is 31.2 Å². The first-order valence-corrected chi connectivity index (χ1v) is 11.0. The number of likely N-dealkylation sites (tertiary alicyclic amines) is 1. The third kappa shape index (κ3) is 6.57. The summed E-state index contributed by atoms with van der Waals surface area (Å²) in [6.45, 7) is 7.97. The molecule has 0 unspecified atom stereocenters. The highest BCUT2D eigenvalue weighted by Crippen LogP contribution is 2.45. The summed E-state index contributed by atoms with van der Waals surface area (Å²) in [5, 5.41) is 6.89. The van der Waals surface area contributed by atoms with Crippen molar-refractivity contribution in [3.8, 4) is 5.75 Å². The summed E-state index contributed by atoms with van der Waals surface area (Å²) in [7, 11) is 1.67. The number of methoxy groups -OCH3 is 1. The minimum atomic E-state index is -0.686. The molecule has 0 atom stereocenters. The molecule has 2 saturated heterocycles. The van der Waals surface area contributed by atoms with Crippen molar-refractivity contribution < 1.29 is 29.0 Å². The van der Waals surface area contributed by atoms with Crippen molar-refractivity contribution in [2.24, 2.45) is 0 Å². The highest BCUT2D eigenvalue weighted by Gasteiger charge is 2.59. The molecule has 9 heteroatoms. The maximum Gasteiger partial charge on any atom is 0.290 e. The molecular weight excluding hydrogens is 426 g/mol. The van der Waals surface area contributed by atoms with Crippen molar-refractivity contribution >= 4 is 24.2 Å². The fraction of sp³-hybridized carbons (Fsp3) is 0.500. The quantitative estimate of drug-likeness (QED) is 0.543. The maximum atomic E-state index is 12.6. The molecule has 33 heavy (non-hydrogen) atoms. The van der Waals surface area contributed by atoms with Gasteiger partial charge in [-0.25, -0.2) is 0 Å². The normalized spacial score (nSPS) is 17.9. The molecule has 3 fully saturated rings. The molecule has 1 aromatic carbocycles. The zero-order chi connectivity index (χ0) is 24.4. The van der Waals surface area contributed by atoms with Crippen molar-refractivity contribution in [2.75, 3.05) is 39.8 Å². The van der Waals surface area contributed by atoms with Gasteiger partial charge in [-0.15, -0.1) is 0 Å². The molecule has 2 heterocycles. The average Bonchev–Trinajstić information content (AvgIpc) is 3.40. The molecule has 1 aromatic rings. The van der Waals surface area contributed by atoms with Gasteiger partial charge in [-0.1, -0.05) is 24.3 Å². The van der Waals surface area contributed by atoms with Gasteiger partial charge in [0.2, 0.25) is 17.7 Å². The summed E-state index contributed by atoms with van der Waals surface area (Å²) in [5.41, 5.74) is 0.574. The second kappa shape index (κ2) is 12.0. The monoisotopic (exact) mass is 459 g/mol. The van der Waals surface area contributed by atoms with Crippen LogP contribution in [0.2, 0.25) is 0 Å². The molecule has 4 rings (SSSR count). The van der Waals surface area contributed by atoms with Crippen molar-refractivity contribution in [1.82, 2.24) is 14.7 Å². The fourth-order valence-corrected chi connectivity index (χ4v) is 4.03. The summed E-state index contributed by atoms with van der Waals surface area (Å²) in [6, 6.07) is 7.96. The van der Waals surface area contributed by atoms with Crippen LogP contribution in [0.15, 0.2) is 36.9 Å². The topological polar surface area (TPSA) is 107 Å². The molecule has 1 spiro atoms. The third-order valence-electron chi connectivity index (χ3n) is 6.00. The van der Waals surface area contributed by atoms with Crippen LogP contribution in [0, 0.1) is 6.92 Å². The number of carbonyl (C=O) groups excluding carboxylic acids is 3. The molecular formula is C24H33N3O6. The first-order valence-electron chi connectivity index (χ1n) is 11.0. The lowest BCUT2D eigenvalue weighted by Gasteiger charge is -2.40. The van der Waals surface area contributed by atoms with Gasteiger partial charge in [-0.2, -0.15) is 0 Å². The van der Waals surface area contributed by atoms with Crippen LogP contribution in [0.3, 0.4) is 0 Å². The number of aryl methyl sites for hydroxylation is 1. The largest absolute Gasteiger partial charge is 0.497 e. The lowest BCUT2D eigenvalue weighted by atomic mass is 10.1. The van der Waals surface area contributed by atoms with Crippen LogP contribution in [0.5, 0.6) is 5.75 Å². The van der Waals surface area contributed by atoms with Gasteiger partial charge in [0.05, 0.1) is 13.7 Å². The SMILES string of the molecule is C=CC(=O)N1CCN(CC(=O)N2CCCC2)C(=O)C12CC2.COc1ccc(C)cc1.O=CO. The summed E-state index contributed by atoms with van der Waals surface area (Å²) in [4.78, 5) is 50.1. The van der Waals surface area contributed by atoms with E-state index in [1.165, 1.54) is 11.6 Å². The Kier molecular flexibility index (Phi) is 9.44. The van der Waals surface area contributed by atoms with Crippen LogP contribution >= 0.6 is 0 Å². The molecule has 0 bridgehead atoms. The van der Waals surface area contributed by atoms with Gasteiger partial charge >= 0.3 is 0 Å². The van der Waals surface area contributed by atoms with Crippen molar-refractivity contribution in [3.63, 3.8) is 0 Å². The average molecular weight is 460 g/mol. The van der Waals surface area contributed by atoms with Crippen molar-refractivity contribution in [1.29, 1.82) is 0 Å². The molecule has 1 saturated carbocycles. The first kappa shape index (κ1) is 25.9. The first-order chi connectivity index (χ1) is 15.8. The molecule has 1 N–H and O–H groups in total. The zero-order valence-corrected chi connectivity index (χ0v) is 19.4. The van der Waals surface area contributed by atoms with Gasteiger partial charge in [-0.3, -0.25) is 19.2 Å². The lowest BCUT2D eigenvalue weighted by Crippen LogP contribution is -2.61. The van der Waals surface area contributed by atoms with E-state index < -0.39 is 5.54 Å². The number of piperazine rings is 1. The molecule has 0 aromatic heterocycles. The van der Waals surface area contributed by atoms with E-state index in [0.29, 0.717) is 25.9 Å². The maximum absolute atomic E-state index is 12.6. The smallest absolute Gasteiger partial charge is 0.290 e. The van der Waals surface area contributed by atoms with Gasteiger partial charge in [0.25, 0.3) is 6.47 Å². The number of nitrogens with zero attached hydrogens (tertiary/aromatic N) is 3. The molecule has 9 nitrogen and oxygen atoms in total. The van der Waals surface area contributed by atoms with E-state index in [9.17, 15) is 14.4 Å². The number of hydrogen-bond donors (Lipinski definition) is 1. The molecule has 0 radical (unpaired) electrons. The number of hydrogen-bond acceptors (Lipinski definition) is 5. The van der Waals surface area contributed by atoms with Crippen molar-refractivity contribution in [2.45, 2.75) is 38.1 Å². The van der Waals surface area contributed by atoms with Crippen LogP contribution in [0.4, 0.5) is 0 Å². The Balaban J connectivity index is 0.000000267. The van der Waals surface area contributed by atoms with E-state index in [1.807, 2.05) is 29.2 Å². The lowest BCUT2D eigenvalue weighted by molar-refractivity contribution is -0.154. The third-order valence-corrected chi connectivity index (χ3v) is 6.00. The Morgan fingerprint density at radius 2 is 1.70 bits per heavy atom. The van der Waals surface area contributed by atoms with Gasteiger partial charge in [-0.05, 0) is 50.8 Å². The number of carbonyl (C=O) groups is 4. The Bertz CT molecular complexity index is 844. The minimum Gasteiger partial charge on any atom is -0.497 e. The predicted octanol–water partition coefficient (Wildman–Crippen LogP) is 1.70. The summed E-state index contributed by atoms with van der Waals surface area (Å²) < 4.78 is 4.97. The zero-order valence-electron chi connectivity index (χ0n) is 19.4. The van der Waals surface area contributed by atoms with Gasteiger partial charge in [0.15, 0.2) is 0 Å². The van der Waals surface area contributed by atoms with Crippen LogP contribution < -0.4 is 4.74 Å². The van der Waals surface area contributed by atoms with E-state index >= 15 is 0 Å². The standard InChI is InChI=1S/C15H21N3O3.C8H10O.CH2O2/c1-2-12(19)18-10-9-17(14(21)15(18)5-6-15)11-13(20)16-7-3-4-8-16;1-7-3-5-8(9-2)6-4-7;2-1-3/h2H,1,3-11H2;3-6H,1-2H3;1H,(H,2,3). The number of carboxylic acid groups (broad SMARTS) is 1. The second-order valence-electron chi connectivity index (χ2n) is 8.16. The predicted molar refractivity (Wildman–Crippen MR) is 123 cm³/mol. The Labute approximate surface area is 194 Å². The Morgan fingerprint density at radius 3 is 2.18 bits per heavy atom. The molecule has 3 aliphatic rings. The molecule has 180 valence electrons. The highest BCUT2D eigenvalue weighted by molar-refractivity contribution is 5.99. The number of amides is 3.